The van der Waals surface area contributed by atoms with Crippen LogP contribution >= 0.6 is 0 Å². The van der Waals surface area contributed by atoms with Crippen LogP contribution in [0.4, 0.5) is 0 Å². The maximum atomic E-state index is 11.3. The van der Waals surface area contributed by atoms with Crippen molar-refractivity contribution in [3.63, 3.8) is 0 Å². The molecular formula is C14H16O3. The van der Waals surface area contributed by atoms with E-state index in [0.717, 1.165) is 18.4 Å². The summed E-state index contributed by atoms with van der Waals surface area (Å²) >= 11 is 0. The van der Waals surface area contributed by atoms with E-state index in [1.807, 2.05) is 18.2 Å². The normalized spacial score (nSPS) is 17.6. The number of benzene rings is 1. The minimum Gasteiger partial charge on any atom is -0.469 e. The highest BCUT2D eigenvalue weighted by atomic mass is 16.5. The Morgan fingerprint density at radius 1 is 1.29 bits per heavy atom. The van der Waals surface area contributed by atoms with E-state index in [2.05, 4.69) is 4.74 Å². The van der Waals surface area contributed by atoms with Gasteiger partial charge in [0.2, 0.25) is 0 Å². The topological polar surface area (TPSA) is 43.4 Å². The van der Waals surface area contributed by atoms with Crippen LogP contribution in [0, 0.1) is 5.92 Å². The maximum absolute atomic E-state index is 11.3. The summed E-state index contributed by atoms with van der Waals surface area (Å²) in [6, 6.07) is 5.82. The van der Waals surface area contributed by atoms with Gasteiger partial charge in [0.15, 0.2) is 5.78 Å². The zero-order valence-electron chi connectivity index (χ0n) is 10.2. The number of carbonyl (C=O) groups is 2. The highest BCUT2D eigenvalue weighted by molar-refractivity contribution is 5.94. The van der Waals surface area contributed by atoms with E-state index in [4.69, 9.17) is 0 Å². The van der Waals surface area contributed by atoms with Crippen LogP contribution in [0.3, 0.4) is 0 Å². The average molecular weight is 232 g/mol. The van der Waals surface area contributed by atoms with Gasteiger partial charge in [0.1, 0.15) is 0 Å². The molecule has 0 bridgehead atoms. The van der Waals surface area contributed by atoms with Gasteiger partial charge in [0.25, 0.3) is 0 Å². The van der Waals surface area contributed by atoms with Gasteiger partial charge in [-0.15, -0.1) is 0 Å². The fourth-order valence-corrected chi connectivity index (χ4v) is 2.39. The number of fused-ring (bicyclic) bond motifs is 1. The summed E-state index contributed by atoms with van der Waals surface area (Å²) in [5, 5.41) is 0. The number of rotatable bonds is 3. The summed E-state index contributed by atoms with van der Waals surface area (Å²) < 4.78 is 4.68. The lowest BCUT2D eigenvalue weighted by atomic mass is 10.0. The van der Waals surface area contributed by atoms with Crippen molar-refractivity contribution in [1.82, 2.24) is 0 Å². The molecule has 0 spiro atoms. The van der Waals surface area contributed by atoms with Gasteiger partial charge in [-0.05, 0) is 42.9 Å². The maximum Gasteiger partial charge on any atom is 0.305 e. The molecule has 17 heavy (non-hydrogen) atoms. The molecule has 1 aromatic carbocycles. The standard InChI is InChI=1S/C14H16O3/c1-9(15)11-3-4-12-5-10(6-13(12)8-11)7-14(16)17-2/h3-4,8,10H,5-7H2,1-2H3. The molecule has 3 nitrogen and oxygen atoms in total. The summed E-state index contributed by atoms with van der Waals surface area (Å²) in [6.07, 6.45) is 2.23. The van der Waals surface area contributed by atoms with Crippen molar-refractivity contribution in [2.45, 2.75) is 26.2 Å². The number of hydrogen-bond acceptors (Lipinski definition) is 3. The number of hydrogen-bond donors (Lipinski definition) is 0. The Morgan fingerprint density at radius 3 is 2.65 bits per heavy atom. The van der Waals surface area contributed by atoms with Gasteiger partial charge in [-0.2, -0.15) is 0 Å². The summed E-state index contributed by atoms with van der Waals surface area (Å²) in [4.78, 5) is 22.5. The van der Waals surface area contributed by atoms with E-state index >= 15 is 0 Å². The molecule has 1 unspecified atom stereocenters. The first-order valence-corrected chi connectivity index (χ1v) is 5.79. The number of esters is 1. The first-order valence-electron chi connectivity index (χ1n) is 5.79. The average Bonchev–Trinajstić information content (AvgIpc) is 2.69. The zero-order valence-corrected chi connectivity index (χ0v) is 10.2. The van der Waals surface area contributed by atoms with Gasteiger partial charge in [-0.25, -0.2) is 0 Å². The minimum atomic E-state index is -0.158. The van der Waals surface area contributed by atoms with Crippen LogP contribution in [-0.2, 0) is 22.4 Å². The second kappa shape index (κ2) is 4.70. The molecule has 0 N–H and O–H groups in total. The predicted octanol–water partition coefficient (Wildman–Crippen LogP) is 2.17. The van der Waals surface area contributed by atoms with Crippen LogP contribution in [0.25, 0.3) is 0 Å². The summed E-state index contributed by atoms with van der Waals surface area (Å²) in [5.41, 5.74) is 3.21. The van der Waals surface area contributed by atoms with Gasteiger partial charge >= 0.3 is 5.97 Å². The number of ether oxygens (including phenoxy) is 1. The molecule has 3 heteroatoms. The third kappa shape index (κ3) is 2.54. The Balaban J connectivity index is 2.11. The van der Waals surface area contributed by atoms with E-state index in [0.29, 0.717) is 12.3 Å². The molecular weight excluding hydrogens is 216 g/mol. The van der Waals surface area contributed by atoms with Crippen LogP contribution in [0.2, 0.25) is 0 Å². The third-order valence-electron chi connectivity index (χ3n) is 3.31. The molecule has 1 atom stereocenters. The van der Waals surface area contributed by atoms with Crippen molar-refractivity contribution in [2.75, 3.05) is 7.11 Å². The highest BCUT2D eigenvalue weighted by Gasteiger charge is 2.24. The van der Waals surface area contributed by atoms with Crippen molar-refractivity contribution in [2.24, 2.45) is 5.92 Å². The summed E-state index contributed by atoms with van der Waals surface area (Å²) in [5.74, 6) is 0.249. The lowest BCUT2D eigenvalue weighted by Crippen LogP contribution is -2.09. The van der Waals surface area contributed by atoms with Crippen LogP contribution in [0.15, 0.2) is 18.2 Å². The lowest BCUT2D eigenvalue weighted by molar-refractivity contribution is -0.141. The van der Waals surface area contributed by atoms with E-state index < -0.39 is 0 Å². The van der Waals surface area contributed by atoms with Crippen molar-refractivity contribution in [3.8, 4) is 0 Å². The Morgan fingerprint density at radius 2 is 2.00 bits per heavy atom. The first kappa shape index (κ1) is 11.8. The molecule has 1 aliphatic carbocycles. The lowest BCUT2D eigenvalue weighted by Gasteiger charge is -2.05. The van der Waals surface area contributed by atoms with Crippen LogP contribution in [0.1, 0.15) is 34.8 Å². The number of ketones is 1. The molecule has 0 radical (unpaired) electrons. The van der Waals surface area contributed by atoms with Crippen molar-refractivity contribution < 1.29 is 14.3 Å². The van der Waals surface area contributed by atoms with E-state index in [9.17, 15) is 9.59 Å². The SMILES string of the molecule is COC(=O)CC1Cc2ccc(C(C)=O)cc2C1. The molecule has 0 amide bonds. The first-order chi connectivity index (χ1) is 8.10. The monoisotopic (exact) mass is 232 g/mol. The second-order valence-electron chi connectivity index (χ2n) is 4.59. The Hall–Kier alpha value is -1.64. The minimum absolute atomic E-state index is 0.0872. The Kier molecular flexibility index (Phi) is 3.27. The van der Waals surface area contributed by atoms with E-state index in [1.165, 1.54) is 18.2 Å². The van der Waals surface area contributed by atoms with Crippen molar-refractivity contribution >= 4 is 11.8 Å². The molecule has 0 heterocycles. The van der Waals surface area contributed by atoms with Gasteiger partial charge in [0.05, 0.1) is 7.11 Å². The largest absolute Gasteiger partial charge is 0.469 e. The quantitative estimate of drug-likeness (QED) is 0.592. The van der Waals surface area contributed by atoms with Crippen LogP contribution < -0.4 is 0 Å². The number of Topliss-reactive ketones (excluding diaryl/α,β-unsaturated/α-hetero) is 1. The smallest absolute Gasteiger partial charge is 0.305 e. The molecule has 2 rings (SSSR count). The Bertz CT molecular complexity index is 463. The number of carbonyl (C=O) groups excluding carboxylic acids is 2. The number of methoxy groups -OCH3 is 1. The van der Waals surface area contributed by atoms with E-state index in [1.54, 1.807) is 6.92 Å². The highest BCUT2D eigenvalue weighted by Crippen LogP contribution is 2.29. The summed E-state index contributed by atoms with van der Waals surface area (Å²) in [6.45, 7) is 1.57. The fraction of sp³-hybridized carbons (Fsp3) is 0.429. The zero-order chi connectivity index (χ0) is 12.4. The molecule has 0 aromatic heterocycles. The van der Waals surface area contributed by atoms with Crippen LogP contribution in [0.5, 0.6) is 0 Å². The van der Waals surface area contributed by atoms with E-state index in [-0.39, 0.29) is 11.8 Å². The molecule has 1 aliphatic rings. The van der Waals surface area contributed by atoms with Gasteiger partial charge in [-0.3, -0.25) is 9.59 Å². The summed E-state index contributed by atoms with van der Waals surface area (Å²) in [7, 11) is 1.41. The van der Waals surface area contributed by atoms with Crippen LogP contribution in [-0.4, -0.2) is 18.9 Å². The van der Waals surface area contributed by atoms with Gasteiger partial charge in [-0.1, -0.05) is 12.1 Å². The Labute approximate surface area is 101 Å². The predicted molar refractivity (Wildman–Crippen MR) is 64.0 cm³/mol. The molecule has 0 saturated carbocycles. The molecule has 1 aromatic rings. The third-order valence-corrected chi connectivity index (χ3v) is 3.31. The fourth-order valence-electron chi connectivity index (χ4n) is 2.39. The van der Waals surface area contributed by atoms with Gasteiger partial charge < -0.3 is 4.74 Å². The molecule has 90 valence electrons. The second-order valence-corrected chi connectivity index (χ2v) is 4.59. The van der Waals surface area contributed by atoms with Gasteiger partial charge in [0, 0.05) is 12.0 Å². The molecule has 0 fully saturated rings. The molecule has 0 aliphatic heterocycles. The van der Waals surface area contributed by atoms with Crippen molar-refractivity contribution in [1.29, 1.82) is 0 Å². The van der Waals surface area contributed by atoms with Crippen molar-refractivity contribution in [3.05, 3.63) is 34.9 Å². The molecule has 0 saturated heterocycles.